The zero-order chi connectivity index (χ0) is 29.7. The average molecular weight is 587 g/mol. The molecule has 218 valence electrons. The average Bonchev–Trinajstić information content (AvgIpc) is 3.42. The smallest absolute Gasteiger partial charge is 0.345 e. The minimum Gasteiger partial charge on any atom is -0.360 e. The predicted molar refractivity (Wildman–Crippen MR) is 169 cm³/mol. The van der Waals surface area contributed by atoms with E-state index in [9.17, 15) is 9.59 Å². The van der Waals surface area contributed by atoms with Crippen molar-refractivity contribution in [2.24, 2.45) is 0 Å². The number of benzene rings is 2. The number of hydrogen-bond donors (Lipinski definition) is 3. The van der Waals surface area contributed by atoms with Gasteiger partial charge in [-0.05, 0) is 51.4 Å². The summed E-state index contributed by atoms with van der Waals surface area (Å²) in [6.45, 7) is 4.89. The van der Waals surface area contributed by atoms with Crippen LogP contribution in [-0.2, 0) is 4.79 Å². The van der Waals surface area contributed by atoms with Gasteiger partial charge >= 0.3 is 5.91 Å². The molecule has 0 bridgehead atoms. The van der Waals surface area contributed by atoms with E-state index in [1.54, 1.807) is 30.5 Å². The highest BCUT2D eigenvalue weighted by Crippen LogP contribution is 2.33. The standard InChI is InChI=1S/C32H36ClN7O2/c1-4-40(31(42)22-11-13-23(14-12-22)36-29(41)10-7-17-39(2)3)18-15-24(16-19-40)37-32-35-21-27(33)30(38-32)26-20-34-28-9-6-5-8-25(26)28/h5-14,20-21,24H,4,15-19H2,1-3H3,(H2-,34,35,36,37,38,41,42)/p+1. The number of likely N-dealkylation sites (N-methyl/N-ethyl adjacent to an activating group) is 1. The summed E-state index contributed by atoms with van der Waals surface area (Å²) in [5.41, 5.74) is 3.94. The zero-order valence-electron chi connectivity index (χ0n) is 24.2. The maximum atomic E-state index is 13.7. The number of anilines is 2. The number of carbonyl (C=O) groups is 2. The molecule has 42 heavy (non-hydrogen) atoms. The van der Waals surface area contributed by atoms with E-state index in [1.807, 2.05) is 55.5 Å². The molecule has 3 heterocycles. The number of H-pyrrole nitrogens is 1. The molecule has 1 saturated heterocycles. The first kappa shape index (κ1) is 29.4. The number of aromatic nitrogens is 3. The summed E-state index contributed by atoms with van der Waals surface area (Å²) in [4.78, 5) is 40.3. The van der Waals surface area contributed by atoms with Crippen LogP contribution in [-0.4, -0.2) is 82.5 Å². The largest absolute Gasteiger partial charge is 0.360 e. The van der Waals surface area contributed by atoms with Crippen molar-refractivity contribution < 1.29 is 14.1 Å². The van der Waals surface area contributed by atoms with E-state index in [1.165, 1.54) is 6.08 Å². The molecule has 9 nitrogen and oxygen atoms in total. The van der Waals surface area contributed by atoms with Crippen LogP contribution in [0.25, 0.3) is 22.2 Å². The van der Waals surface area contributed by atoms with E-state index in [-0.39, 0.29) is 17.9 Å². The maximum absolute atomic E-state index is 13.7. The molecular formula is C32H37ClN7O2+. The molecule has 1 aliphatic rings. The summed E-state index contributed by atoms with van der Waals surface area (Å²) in [5.74, 6) is 0.437. The van der Waals surface area contributed by atoms with Gasteiger partial charge in [0.2, 0.25) is 11.9 Å². The number of quaternary nitrogens is 1. The van der Waals surface area contributed by atoms with Crippen molar-refractivity contribution in [1.29, 1.82) is 0 Å². The topological polar surface area (TPSA) is 103 Å². The summed E-state index contributed by atoms with van der Waals surface area (Å²) in [7, 11) is 3.89. The molecule has 0 spiro atoms. The number of nitrogens with zero attached hydrogens (tertiary/aromatic N) is 4. The number of amides is 2. The number of hydrogen-bond acceptors (Lipinski definition) is 6. The molecule has 4 aromatic rings. The van der Waals surface area contributed by atoms with Crippen molar-refractivity contribution in [3.05, 3.63) is 83.7 Å². The monoisotopic (exact) mass is 586 g/mol. The van der Waals surface area contributed by atoms with Crippen molar-refractivity contribution in [3.63, 3.8) is 0 Å². The summed E-state index contributed by atoms with van der Waals surface area (Å²) in [6.07, 6.45) is 8.50. The molecule has 0 saturated carbocycles. The Morgan fingerprint density at radius 2 is 1.86 bits per heavy atom. The van der Waals surface area contributed by atoms with Crippen molar-refractivity contribution >= 4 is 46.0 Å². The fraction of sp³-hybridized carbons (Fsp3) is 0.312. The van der Waals surface area contributed by atoms with Gasteiger partial charge in [0.25, 0.3) is 0 Å². The zero-order valence-corrected chi connectivity index (χ0v) is 25.0. The first-order chi connectivity index (χ1) is 20.3. The van der Waals surface area contributed by atoms with Crippen LogP contribution < -0.4 is 10.6 Å². The highest BCUT2D eigenvalue weighted by Gasteiger charge is 2.40. The number of nitrogens with one attached hydrogen (secondary N) is 3. The molecule has 5 rings (SSSR count). The first-order valence-corrected chi connectivity index (χ1v) is 14.6. The number of carbonyl (C=O) groups excluding carboxylic acids is 2. The third-order valence-electron chi connectivity index (χ3n) is 7.91. The van der Waals surface area contributed by atoms with Crippen LogP contribution in [0.2, 0.25) is 5.02 Å². The molecule has 0 atom stereocenters. The van der Waals surface area contributed by atoms with Crippen LogP contribution in [0, 0.1) is 0 Å². The Morgan fingerprint density at radius 3 is 2.57 bits per heavy atom. The quantitative estimate of drug-likeness (QED) is 0.175. The van der Waals surface area contributed by atoms with Crippen molar-refractivity contribution in [2.75, 3.05) is 50.9 Å². The lowest BCUT2D eigenvalue weighted by atomic mass is 10.00. The Balaban J connectivity index is 1.21. The Labute approximate surface area is 251 Å². The second-order valence-electron chi connectivity index (χ2n) is 11.0. The minimum atomic E-state index is -0.194. The normalized spacial score (nSPS) is 18.9. The molecule has 1 fully saturated rings. The van der Waals surface area contributed by atoms with E-state index in [4.69, 9.17) is 16.6 Å². The van der Waals surface area contributed by atoms with Crippen LogP contribution in [0.5, 0.6) is 0 Å². The van der Waals surface area contributed by atoms with Gasteiger partial charge in [-0.15, -0.1) is 0 Å². The molecule has 0 unspecified atom stereocenters. The fourth-order valence-corrected chi connectivity index (χ4v) is 5.66. The lowest BCUT2D eigenvalue weighted by Gasteiger charge is -2.40. The van der Waals surface area contributed by atoms with Gasteiger partial charge in [-0.2, -0.15) is 0 Å². The lowest BCUT2D eigenvalue weighted by molar-refractivity contribution is -0.852. The number of halogens is 1. The number of aromatic amines is 1. The molecule has 0 radical (unpaired) electrons. The molecule has 0 aliphatic carbocycles. The first-order valence-electron chi connectivity index (χ1n) is 14.3. The van der Waals surface area contributed by atoms with Gasteiger partial charge in [-0.25, -0.2) is 14.8 Å². The predicted octanol–water partition coefficient (Wildman–Crippen LogP) is 5.59. The third-order valence-corrected chi connectivity index (χ3v) is 8.18. The molecule has 10 heteroatoms. The van der Waals surface area contributed by atoms with E-state index in [0.29, 0.717) is 58.6 Å². The Bertz CT molecular complexity index is 1590. The molecule has 2 aromatic heterocycles. The van der Waals surface area contributed by atoms with E-state index < -0.39 is 0 Å². The number of piperidine rings is 1. The van der Waals surface area contributed by atoms with Crippen molar-refractivity contribution in [2.45, 2.75) is 25.8 Å². The fourth-order valence-electron chi connectivity index (χ4n) is 5.47. The van der Waals surface area contributed by atoms with Gasteiger partial charge < -0.3 is 20.5 Å². The molecule has 1 aliphatic heterocycles. The van der Waals surface area contributed by atoms with Crippen molar-refractivity contribution in [3.8, 4) is 11.3 Å². The van der Waals surface area contributed by atoms with E-state index in [0.717, 1.165) is 29.3 Å². The minimum absolute atomic E-state index is 0.101. The maximum Gasteiger partial charge on any atom is 0.345 e. The number of likely N-dealkylation sites (tertiary alicyclic amines) is 1. The van der Waals surface area contributed by atoms with E-state index >= 15 is 0 Å². The molecule has 2 amide bonds. The molecular weight excluding hydrogens is 550 g/mol. The Morgan fingerprint density at radius 1 is 1.12 bits per heavy atom. The molecule has 2 aromatic carbocycles. The number of para-hydroxylation sites is 1. The van der Waals surface area contributed by atoms with Gasteiger partial charge in [-0.1, -0.05) is 35.9 Å². The van der Waals surface area contributed by atoms with Crippen LogP contribution in [0.1, 0.15) is 30.1 Å². The van der Waals surface area contributed by atoms with Crippen LogP contribution in [0.3, 0.4) is 0 Å². The summed E-state index contributed by atoms with van der Waals surface area (Å²) >= 11 is 6.51. The Kier molecular flexibility index (Phi) is 9.01. The summed E-state index contributed by atoms with van der Waals surface area (Å²) in [5, 5.41) is 7.88. The summed E-state index contributed by atoms with van der Waals surface area (Å²) < 4.78 is 0.388. The van der Waals surface area contributed by atoms with Crippen LogP contribution in [0.4, 0.5) is 11.6 Å². The van der Waals surface area contributed by atoms with Gasteiger partial charge in [-0.3, -0.25) is 9.28 Å². The second kappa shape index (κ2) is 12.9. The highest BCUT2D eigenvalue weighted by atomic mass is 35.5. The SMILES string of the molecule is CC[N+]1(C(=O)c2ccc(NC(=O)C=CCN(C)C)cc2)CCC(Nc2ncc(Cl)c(-c3c[nH]c4ccccc34)n2)CC1. The van der Waals surface area contributed by atoms with Crippen LogP contribution in [0.15, 0.2) is 73.1 Å². The third kappa shape index (κ3) is 6.54. The van der Waals surface area contributed by atoms with E-state index in [2.05, 4.69) is 27.5 Å². The number of fused-ring (bicyclic) bond motifs is 1. The highest BCUT2D eigenvalue weighted by molar-refractivity contribution is 6.33. The van der Waals surface area contributed by atoms with Gasteiger partial charge in [0.1, 0.15) is 0 Å². The van der Waals surface area contributed by atoms with Gasteiger partial charge in [0, 0.05) is 59.9 Å². The number of rotatable bonds is 9. The lowest BCUT2D eigenvalue weighted by Crippen LogP contribution is -2.58. The van der Waals surface area contributed by atoms with Crippen molar-refractivity contribution in [1.82, 2.24) is 19.9 Å². The second-order valence-corrected chi connectivity index (χ2v) is 11.4. The van der Waals surface area contributed by atoms with Gasteiger partial charge in [0.15, 0.2) is 0 Å². The summed E-state index contributed by atoms with van der Waals surface area (Å²) in [6, 6.07) is 15.4. The Hall–Kier alpha value is -4.05. The molecule has 3 N–H and O–H groups in total. The van der Waals surface area contributed by atoms with Gasteiger partial charge in [0.05, 0.1) is 42.1 Å². The van der Waals surface area contributed by atoms with Crippen LogP contribution >= 0.6 is 11.6 Å².